The lowest BCUT2D eigenvalue weighted by Gasteiger charge is -2.66. The van der Waals surface area contributed by atoms with E-state index in [1.165, 1.54) is 14.0 Å². The molecule has 7 aliphatic rings. The monoisotopic (exact) mass is 983 g/mol. The molecule has 0 spiro atoms. The van der Waals surface area contributed by atoms with E-state index in [1.54, 1.807) is 53.7 Å². The van der Waals surface area contributed by atoms with Crippen molar-refractivity contribution in [1.29, 1.82) is 0 Å². The largest absolute Gasteiger partial charge is 0.455 e. The molecule has 4 aliphatic carbocycles. The second-order valence-corrected chi connectivity index (χ2v) is 21.4. The number of ketones is 1. The Morgan fingerprint density at radius 2 is 1.32 bits per heavy atom. The fourth-order valence-corrected chi connectivity index (χ4v) is 13.5. The number of ether oxygens (including phenoxy) is 9. The number of aliphatic hydroxyl groups excluding tert-OH is 6. The summed E-state index contributed by atoms with van der Waals surface area (Å²) in [6.07, 6.45) is -12.3. The highest BCUT2D eigenvalue weighted by Gasteiger charge is 2.76. The van der Waals surface area contributed by atoms with Crippen molar-refractivity contribution in [3.05, 3.63) is 23.3 Å². The highest BCUT2D eigenvalue weighted by atomic mass is 16.8. The fraction of sp³-hybridized carbons (Fsp3) is 0.860. The summed E-state index contributed by atoms with van der Waals surface area (Å²) in [6.45, 7) is 15.0. The molecule has 19 heteroatoms. The molecular formula is C50H78O19. The van der Waals surface area contributed by atoms with Crippen molar-refractivity contribution in [3.8, 4) is 0 Å². The predicted molar refractivity (Wildman–Crippen MR) is 241 cm³/mol. The van der Waals surface area contributed by atoms with Crippen molar-refractivity contribution in [3.63, 3.8) is 0 Å². The van der Waals surface area contributed by atoms with Crippen molar-refractivity contribution in [2.45, 2.75) is 224 Å². The van der Waals surface area contributed by atoms with E-state index in [1.807, 2.05) is 6.92 Å². The van der Waals surface area contributed by atoms with Gasteiger partial charge in [-0.25, -0.2) is 9.59 Å². The van der Waals surface area contributed by atoms with Crippen molar-refractivity contribution >= 4 is 17.7 Å². The summed E-state index contributed by atoms with van der Waals surface area (Å²) in [5, 5.41) is 76.8. The van der Waals surface area contributed by atoms with Crippen molar-refractivity contribution in [2.75, 3.05) is 13.7 Å². The number of allylic oxidation sites excluding steroid dienone is 2. The number of rotatable bonds is 13. The Kier molecular flexibility index (Phi) is 16.7. The molecule has 19 nitrogen and oxygen atoms in total. The van der Waals surface area contributed by atoms with Crippen LogP contribution in [0.25, 0.3) is 0 Å². The highest BCUT2D eigenvalue weighted by Crippen LogP contribution is 2.70. The van der Waals surface area contributed by atoms with Gasteiger partial charge in [-0.05, 0) is 111 Å². The third-order valence-electron chi connectivity index (χ3n) is 17.8. The first-order valence-corrected chi connectivity index (χ1v) is 24.9. The molecule has 3 heterocycles. The van der Waals surface area contributed by atoms with Gasteiger partial charge in [-0.3, -0.25) is 4.79 Å². The van der Waals surface area contributed by atoms with E-state index < -0.39 is 145 Å². The standard InChI is InChI=1S/C50H78O19/c1-11-22(3)44(58)66-41-34-30(50(60)18-16-29(24(5)52)49(50,9)43(41)69-45(59)23(4)12-2)14-13-27-19-28(15-17-48(27,34)8)64-33-20-31(53)39(25(6)62-33)67-47-38(57)42(61-10)40(26(7)63-47)68-46-37(56)36(55)35(54)32(21-51)65-46/h11-12,25-43,46-47,51,53-57,60H,13-21H2,1-10H3/b22-11+,23-12+/t25-,26-,27+,28+,29-,30-,31-,32-,33+,34-,35-,36+,37-,38-,39-,40-,41+,42+,43-,46+,47+,48+,49+,50+/m1/s1. The summed E-state index contributed by atoms with van der Waals surface area (Å²) in [4.78, 5) is 41.0. The minimum absolute atomic E-state index is 0.0318. The van der Waals surface area contributed by atoms with Crippen LogP contribution in [0, 0.1) is 34.5 Å². The Hall–Kier alpha value is -2.47. The van der Waals surface area contributed by atoms with Crippen LogP contribution in [0.5, 0.6) is 0 Å². The van der Waals surface area contributed by atoms with Crippen molar-refractivity contribution in [2.24, 2.45) is 34.5 Å². The third-order valence-corrected chi connectivity index (χ3v) is 17.8. The van der Waals surface area contributed by atoms with Crippen LogP contribution in [-0.4, -0.2) is 177 Å². The molecule has 7 N–H and O–H groups in total. The zero-order chi connectivity index (χ0) is 50.7. The minimum atomic E-state index is -1.69. The number of esters is 2. The average Bonchev–Trinajstić information content (AvgIpc) is 3.60. The highest BCUT2D eigenvalue weighted by molar-refractivity contribution is 5.89. The number of methoxy groups -OCH3 is 1. The number of carbonyl (C=O) groups is 3. The second kappa shape index (κ2) is 21.2. The van der Waals surface area contributed by atoms with Gasteiger partial charge in [0.25, 0.3) is 0 Å². The van der Waals surface area contributed by atoms with E-state index in [4.69, 9.17) is 42.6 Å². The van der Waals surface area contributed by atoms with Crippen LogP contribution >= 0.6 is 0 Å². The lowest BCUT2D eigenvalue weighted by atomic mass is 9.41. The Morgan fingerprint density at radius 1 is 0.696 bits per heavy atom. The molecule has 0 unspecified atom stereocenters. The summed E-state index contributed by atoms with van der Waals surface area (Å²) >= 11 is 0. The lowest BCUT2D eigenvalue weighted by molar-refractivity contribution is -0.371. The van der Waals surface area contributed by atoms with Crippen LogP contribution in [-0.2, 0) is 57.0 Å². The first-order valence-electron chi connectivity index (χ1n) is 24.9. The summed E-state index contributed by atoms with van der Waals surface area (Å²) in [6, 6.07) is 0. The summed E-state index contributed by atoms with van der Waals surface area (Å²) in [5.41, 5.74) is -2.40. The average molecular weight is 983 g/mol. The van der Waals surface area contributed by atoms with E-state index in [2.05, 4.69) is 6.92 Å². The van der Waals surface area contributed by atoms with Crippen LogP contribution in [0.4, 0.5) is 0 Å². The molecule has 0 aromatic rings. The minimum Gasteiger partial charge on any atom is -0.455 e. The third kappa shape index (κ3) is 9.65. The maximum Gasteiger partial charge on any atom is 0.333 e. The normalized spacial score (nSPS) is 49.3. The molecule has 0 bridgehead atoms. The molecule has 69 heavy (non-hydrogen) atoms. The summed E-state index contributed by atoms with van der Waals surface area (Å²) in [5.74, 6) is -2.66. The zero-order valence-corrected chi connectivity index (χ0v) is 41.7. The fourth-order valence-electron chi connectivity index (χ4n) is 13.5. The number of aliphatic hydroxyl groups is 7. The van der Waals surface area contributed by atoms with E-state index >= 15 is 0 Å². The molecular weight excluding hydrogens is 905 g/mol. The van der Waals surface area contributed by atoms with Gasteiger partial charge in [0.2, 0.25) is 0 Å². The summed E-state index contributed by atoms with van der Waals surface area (Å²) < 4.78 is 55.2. The van der Waals surface area contributed by atoms with Crippen LogP contribution in [0.3, 0.4) is 0 Å². The predicted octanol–water partition coefficient (Wildman–Crippen LogP) is 1.90. The van der Waals surface area contributed by atoms with Crippen LogP contribution in [0.2, 0.25) is 0 Å². The van der Waals surface area contributed by atoms with E-state index in [-0.39, 0.29) is 30.1 Å². The number of Topliss-reactive ketones (excluding diaryl/α,β-unsaturated/α-hetero) is 1. The van der Waals surface area contributed by atoms with Crippen LogP contribution in [0.1, 0.15) is 114 Å². The van der Waals surface area contributed by atoms with E-state index in [0.717, 1.165) is 6.42 Å². The second-order valence-electron chi connectivity index (χ2n) is 21.4. The number of carbonyl (C=O) groups excluding carboxylic acids is 3. The molecule has 0 aromatic heterocycles. The molecule has 24 atom stereocenters. The van der Waals surface area contributed by atoms with Gasteiger partial charge in [-0.1, -0.05) is 26.0 Å². The van der Waals surface area contributed by atoms with E-state index in [0.29, 0.717) is 49.7 Å². The topological polar surface area (TPSA) is 276 Å². The first kappa shape index (κ1) is 54.3. The van der Waals surface area contributed by atoms with Gasteiger partial charge in [-0.2, -0.15) is 0 Å². The summed E-state index contributed by atoms with van der Waals surface area (Å²) in [7, 11) is 1.34. The SMILES string of the molecule is C/C=C(\C)C(=O)O[C@H]1[C@H]2[C@@H](CC[C@H]3C[C@@H](O[C@H]4C[C@@H](O)[C@H](O[C@@H]5O[C@H](C)[C@@H](O[C@@H]6O[C@H](CO)[C@@H](O)[C@H](O)[C@H]6O)[C@@H](OC)[C@H]5O)[C@@H](C)O4)CC[C@@]32C)[C@@]2(O)CC[C@H](C(C)=O)[C@@]2(C)[C@@H]1OC(=O)/C(C)=C/C. The van der Waals surface area contributed by atoms with Gasteiger partial charge in [0.1, 0.15) is 66.8 Å². The molecule has 392 valence electrons. The molecule has 4 saturated carbocycles. The number of fused-ring (bicyclic) bond motifs is 5. The molecule has 0 aromatic carbocycles. The van der Waals surface area contributed by atoms with E-state index in [9.17, 15) is 50.1 Å². The molecule has 3 saturated heterocycles. The van der Waals surface area contributed by atoms with Crippen molar-refractivity contribution < 1.29 is 92.8 Å². The molecule has 3 aliphatic heterocycles. The first-order chi connectivity index (χ1) is 32.5. The quantitative estimate of drug-likeness (QED) is 0.0789. The van der Waals surface area contributed by atoms with Gasteiger partial charge in [0.05, 0.1) is 36.6 Å². The Labute approximate surface area is 404 Å². The maximum atomic E-state index is 13.8. The Morgan fingerprint density at radius 3 is 1.93 bits per heavy atom. The number of hydrogen-bond acceptors (Lipinski definition) is 19. The van der Waals surface area contributed by atoms with Crippen LogP contribution in [0.15, 0.2) is 23.3 Å². The Bertz CT molecular complexity index is 1900. The zero-order valence-electron chi connectivity index (χ0n) is 41.7. The lowest BCUT2D eigenvalue weighted by Crippen LogP contribution is -2.73. The molecule has 7 rings (SSSR count). The molecule has 7 fully saturated rings. The van der Waals surface area contributed by atoms with Gasteiger partial charge in [0, 0.05) is 41.9 Å². The van der Waals surface area contributed by atoms with Gasteiger partial charge in [-0.15, -0.1) is 0 Å². The van der Waals surface area contributed by atoms with Gasteiger partial charge < -0.3 is 78.4 Å². The molecule has 0 radical (unpaired) electrons. The van der Waals surface area contributed by atoms with Gasteiger partial charge in [0.15, 0.2) is 18.9 Å². The van der Waals surface area contributed by atoms with Crippen LogP contribution < -0.4 is 0 Å². The Balaban J connectivity index is 1.04. The molecule has 0 amide bonds. The van der Waals surface area contributed by atoms with Gasteiger partial charge >= 0.3 is 11.9 Å². The maximum absolute atomic E-state index is 13.8. The number of hydrogen-bond donors (Lipinski definition) is 7. The smallest absolute Gasteiger partial charge is 0.333 e. The van der Waals surface area contributed by atoms with Crippen molar-refractivity contribution in [1.82, 2.24) is 0 Å².